The fourth-order valence-electron chi connectivity index (χ4n) is 3.90. The molecule has 3 heteroatoms. The number of hydrogen-bond donors (Lipinski definition) is 1. The minimum atomic E-state index is 0.381. The van der Waals surface area contributed by atoms with E-state index in [-0.39, 0.29) is 0 Å². The van der Waals surface area contributed by atoms with Gasteiger partial charge < -0.3 is 5.32 Å². The lowest BCUT2D eigenvalue weighted by Gasteiger charge is -2.24. The molecule has 1 aromatic carbocycles. The summed E-state index contributed by atoms with van der Waals surface area (Å²) in [6, 6.07) is 9.24. The highest BCUT2D eigenvalue weighted by molar-refractivity contribution is 8.14. The smallest absolute Gasteiger partial charge is 0.157 e. The van der Waals surface area contributed by atoms with Crippen LogP contribution in [0.4, 0.5) is 0 Å². The van der Waals surface area contributed by atoms with Gasteiger partial charge in [-0.3, -0.25) is 4.99 Å². The van der Waals surface area contributed by atoms with Crippen molar-refractivity contribution < 1.29 is 0 Å². The first-order valence-electron chi connectivity index (χ1n) is 7.91. The van der Waals surface area contributed by atoms with Crippen molar-refractivity contribution in [1.29, 1.82) is 0 Å². The van der Waals surface area contributed by atoms with Crippen LogP contribution < -0.4 is 5.32 Å². The van der Waals surface area contributed by atoms with Gasteiger partial charge in [0.1, 0.15) is 0 Å². The SMILES string of the molecule is c1ccc2c(c1)CCCC2N=C1NC2(CCCC2)CS1. The van der Waals surface area contributed by atoms with Gasteiger partial charge in [0.15, 0.2) is 5.17 Å². The Bertz CT molecular complexity index is 532. The molecule has 1 heterocycles. The third-order valence-electron chi connectivity index (χ3n) is 5.03. The van der Waals surface area contributed by atoms with Crippen LogP contribution in [0.3, 0.4) is 0 Å². The summed E-state index contributed by atoms with van der Waals surface area (Å²) >= 11 is 1.95. The number of nitrogens with zero attached hydrogens (tertiary/aromatic N) is 1. The second kappa shape index (κ2) is 5.10. The van der Waals surface area contributed by atoms with Gasteiger partial charge in [0.25, 0.3) is 0 Å². The van der Waals surface area contributed by atoms with Crippen LogP contribution in [-0.2, 0) is 6.42 Å². The molecule has 2 nitrogen and oxygen atoms in total. The number of rotatable bonds is 1. The standard InChI is InChI=1S/C17H22N2S/c1-2-8-14-13(6-1)7-5-9-15(14)18-16-19-17(12-20-16)10-3-4-11-17/h1-2,6,8,15H,3-5,7,9-12H2,(H,18,19). The molecule has 3 aliphatic rings. The first kappa shape index (κ1) is 12.8. The number of aliphatic imine (C=N–C) groups is 1. The van der Waals surface area contributed by atoms with Gasteiger partial charge in [-0.2, -0.15) is 0 Å². The Kier molecular flexibility index (Phi) is 3.25. The molecule has 1 N–H and O–H groups in total. The number of fused-ring (bicyclic) bond motifs is 1. The molecule has 1 atom stereocenters. The van der Waals surface area contributed by atoms with E-state index in [2.05, 4.69) is 29.6 Å². The van der Waals surface area contributed by atoms with Crippen LogP contribution in [0.25, 0.3) is 0 Å². The Morgan fingerprint density at radius 2 is 2.00 bits per heavy atom. The molecule has 1 spiro atoms. The Morgan fingerprint density at radius 3 is 2.90 bits per heavy atom. The molecular weight excluding hydrogens is 264 g/mol. The van der Waals surface area contributed by atoms with Gasteiger partial charge in [-0.15, -0.1) is 0 Å². The molecule has 4 rings (SSSR count). The maximum Gasteiger partial charge on any atom is 0.157 e. The van der Waals surface area contributed by atoms with E-state index >= 15 is 0 Å². The molecule has 106 valence electrons. The van der Waals surface area contributed by atoms with Crippen LogP contribution in [0, 0.1) is 0 Å². The summed E-state index contributed by atoms with van der Waals surface area (Å²) in [7, 11) is 0. The fraction of sp³-hybridized carbons (Fsp3) is 0.588. The molecule has 1 aromatic rings. The highest BCUT2D eigenvalue weighted by atomic mass is 32.2. The number of aryl methyl sites for hydroxylation is 1. The monoisotopic (exact) mass is 286 g/mol. The zero-order chi connectivity index (χ0) is 13.4. The number of thioether (sulfide) groups is 1. The van der Waals surface area contributed by atoms with Gasteiger partial charge in [0.2, 0.25) is 0 Å². The summed E-state index contributed by atoms with van der Waals surface area (Å²) in [6.07, 6.45) is 9.13. The van der Waals surface area contributed by atoms with E-state index in [1.54, 1.807) is 0 Å². The fourth-order valence-corrected chi connectivity index (χ4v) is 5.16. The molecule has 0 bridgehead atoms. The van der Waals surface area contributed by atoms with Gasteiger partial charge in [-0.1, -0.05) is 48.9 Å². The van der Waals surface area contributed by atoms with E-state index in [1.165, 1.54) is 67.0 Å². The molecule has 1 aliphatic heterocycles. The molecule has 0 radical (unpaired) electrons. The first-order chi connectivity index (χ1) is 9.85. The highest BCUT2D eigenvalue weighted by Gasteiger charge is 2.39. The van der Waals surface area contributed by atoms with Crippen molar-refractivity contribution in [2.75, 3.05) is 5.75 Å². The van der Waals surface area contributed by atoms with Gasteiger partial charge in [0.05, 0.1) is 6.04 Å². The zero-order valence-electron chi connectivity index (χ0n) is 11.9. The number of benzene rings is 1. The lowest BCUT2D eigenvalue weighted by molar-refractivity contribution is 0.451. The largest absolute Gasteiger partial charge is 0.359 e. The molecule has 0 amide bonds. The first-order valence-corrected chi connectivity index (χ1v) is 8.90. The maximum absolute atomic E-state index is 5.06. The summed E-state index contributed by atoms with van der Waals surface area (Å²) < 4.78 is 0. The molecule has 1 unspecified atom stereocenters. The highest BCUT2D eigenvalue weighted by Crippen LogP contribution is 2.39. The molecular formula is C17H22N2S. The van der Waals surface area contributed by atoms with E-state index in [0.717, 1.165) is 0 Å². The van der Waals surface area contributed by atoms with Crippen LogP contribution in [0.5, 0.6) is 0 Å². The van der Waals surface area contributed by atoms with E-state index in [9.17, 15) is 0 Å². The average Bonchev–Trinajstić information content (AvgIpc) is 3.10. The van der Waals surface area contributed by atoms with E-state index in [1.807, 2.05) is 11.8 Å². The second-order valence-corrected chi connectivity index (χ2v) is 7.41. The minimum absolute atomic E-state index is 0.381. The van der Waals surface area contributed by atoms with Crippen molar-refractivity contribution in [3.05, 3.63) is 35.4 Å². The van der Waals surface area contributed by atoms with Crippen molar-refractivity contribution in [2.24, 2.45) is 4.99 Å². The number of amidine groups is 1. The molecule has 20 heavy (non-hydrogen) atoms. The molecule has 1 saturated carbocycles. The quantitative estimate of drug-likeness (QED) is 0.841. The Labute approximate surface area is 125 Å². The van der Waals surface area contributed by atoms with Crippen molar-refractivity contribution in [3.8, 4) is 0 Å². The maximum atomic E-state index is 5.06. The normalized spacial score (nSPS) is 29.6. The lowest BCUT2D eigenvalue weighted by atomic mass is 9.88. The molecule has 1 saturated heterocycles. The molecule has 2 fully saturated rings. The van der Waals surface area contributed by atoms with Crippen LogP contribution >= 0.6 is 11.8 Å². The van der Waals surface area contributed by atoms with Crippen molar-refractivity contribution in [1.82, 2.24) is 5.32 Å². The van der Waals surface area contributed by atoms with Gasteiger partial charge in [0, 0.05) is 11.3 Å². The Hall–Kier alpha value is -0.960. The number of nitrogens with one attached hydrogen (secondary N) is 1. The van der Waals surface area contributed by atoms with Crippen molar-refractivity contribution in [2.45, 2.75) is 56.5 Å². The van der Waals surface area contributed by atoms with Gasteiger partial charge in [-0.25, -0.2) is 0 Å². The lowest BCUT2D eigenvalue weighted by Crippen LogP contribution is -2.40. The summed E-state index contributed by atoms with van der Waals surface area (Å²) in [5.74, 6) is 1.22. The Balaban J connectivity index is 1.56. The van der Waals surface area contributed by atoms with Gasteiger partial charge in [-0.05, 0) is 43.2 Å². The summed E-state index contributed by atoms with van der Waals surface area (Å²) in [6.45, 7) is 0. The molecule has 2 aliphatic carbocycles. The van der Waals surface area contributed by atoms with Crippen LogP contribution in [0.2, 0.25) is 0 Å². The van der Waals surface area contributed by atoms with Crippen LogP contribution in [-0.4, -0.2) is 16.5 Å². The van der Waals surface area contributed by atoms with E-state index in [0.29, 0.717) is 11.6 Å². The van der Waals surface area contributed by atoms with Crippen LogP contribution in [0.15, 0.2) is 29.3 Å². The van der Waals surface area contributed by atoms with Gasteiger partial charge >= 0.3 is 0 Å². The van der Waals surface area contributed by atoms with Crippen molar-refractivity contribution >= 4 is 16.9 Å². The van der Waals surface area contributed by atoms with Crippen molar-refractivity contribution in [3.63, 3.8) is 0 Å². The predicted octanol–water partition coefficient (Wildman–Crippen LogP) is 4.07. The topological polar surface area (TPSA) is 24.4 Å². The van der Waals surface area contributed by atoms with E-state index < -0.39 is 0 Å². The average molecular weight is 286 g/mol. The third-order valence-corrected chi connectivity index (χ3v) is 6.21. The summed E-state index contributed by atoms with van der Waals surface area (Å²) in [5.41, 5.74) is 3.35. The second-order valence-electron chi connectivity index (χ2n) is 6.44. The third kappa shape index (κ3) is 2.26. The Morgan fingerprint density at radius 1 is 1.15 bits per heavy atom. The molecule has 0 aromatic heterocycles. The summed E-state index contributed by atoms with van der Waals surface area (Å²) in [5, 5.41) is 4.96. The summed E-state index contributed by atoms with van der Waals surface area (Å²) in [4.78, 5) is 5.06. The minimum Gasteiger partial charge on any atom is -0.359 e. The zero-order valence-corrected chi connectivity index (χ0v) is 12.7. The number of hydrogen-bond acceptors (Lipinski definition) is 2. The predicted molar refractivity (Wildman–Crippen MR) is 86.3 cm³/mol. The van der Waals surface area contributed by atoms with Crippen LogP contribution in [0.1, 0.15) is 55.7 Å². The van der Waals surface area contributed by atoms with E-state index in [4.69, 9.17) is 4.99 Å².